The number of carbonyl (C=O) groups excluding carboxylic acids is 1. The molecule has 0 unspecified atom stereocenters. The lowest BCUT2D eigenvalue weighted by Gasteiger charge is -2.12. The molecular formula is C24H17BrClFN2O2. The Bertz CT molecular complexity index is 1160. The van der Waals surface area contributed by atoms with Crippen LogP contribution in [0.4, 0.5) is 10.1 Å². The Morgan fingerprint density at radius 2 is 1.94 bits per heavy atom. The number of benzene rings is 3. The summed E-state index contributed by atoms with van der Waals surface area (Å²) in [7, 11) is 0. The van der Waals surface area contributed by atoms with E-state index in [0.29, 0.717) is 27.4 Å². The van der Waals surface area contributed by atoms with Gasteiger partial charge in [0.1, 0.15) is 24.1 Å². The fourth-order valence-electron chi connectivity index (χ4n) is 2.71. The molecule has 1 N–H and O–H groups in total. The molecule has 1 amide bonds. The van der Waals surface area contributed by atoms with Crippen LogP contribution in [0.15, 0.2) is 70.7 Å². The van der Waals surface area contributed by atoms with Gasteiger partial charge in [-0.1, -0.05) is 53.6 Å². The number of anilines is 1. The smallest absolute Gasteiger partial charge is 0.266 e. The van der Waals surface area contributed by atoms with Crippen LogP contribution in [0.2, 0.25) is 5.02 Å². The SMILES string of the molecule is Cc1ccc(COc2c(Cl)cc(/C=C(/C#N)C(=O)Nc3ccccc3F)cc2Br)cc1. The van der Waals surface area contributed by atoms with Gasteiger partial charge in [-0.15, -0.1) is 0 Å². The lowest BCUT2D eigenvalue weighted by atomic mass is 10.1. The zero-order valence-electron chi connectivity index (χ0n) is 16.5. The van der Waals surface area contributed by atoms with E-state index in [4.69, 9.17) is 16.3 Å². The third-order valence-electron chi connectivity index (χ3n) is 4.32. The van der Waals surface area contributed by atoms with Crippen LogP contribution in [0, 0.1) is 24.1 Å². The van der Waals surface area contributed by atoms with Crippen LogP contribution in [-0.2, 0) is 11.4 Å². The number of nitrogens with one attached hydrogen (secondary N) is 1. The van der Waals surface area contributed by atoms with Crippen molar-refractivity contribution in [1.29, 1.82) is 5.26 Å². The summed E-state index contributed by atoms with van der Waals surface area (Å²) in [6, 6.07) is 18.8. The molecule has 0 radical (unpaired) electrons. The highest BCUT2D eigenvalue weighted by molar-refractivity contribution is 9.10. The molecule has 7 heteroatoms. The second kappa shape index (κ2) is 10.3. The van der Waals surface area contributed by atoms with E-state index in [9.17, 15) is 14.4 Å². The van der Waals surface area contributed by atoms with Gasteiger partial charge < -0.3 is 10.1 Å². The Labute approximate surface area is 193 Å². The number of rotatable bonds is 6. The molecule has 0 saturated carbocycles. The molecule has 3 aromatic rings. The van der Waals surface area contributed by atoms with Crippen LogP contribution in [0.3, 0.4) is 0 Å². The van der Waals surface area contributed by atoms with E-state index in [-0.39, 0.29) is 11.3 Å². The first-order valence-electron chi connectivity index (χ1n) is 9.22. The molecule has 0 bridgehead atoms. The van der Waals surface area contributed by atoms with Crippen LogP contribution >= 0.6 is 27.5 Å². The average Bonchev–Trinajstić information content (AvgIpc) is 2.74. The summed E-state index contributed by atoms with van der Waals surface area (Å²) < 4.78 is 20.2. The highest BCUT2D eigenvalue weighted by atomic mass is 79.9. The summed E-state index contributed by atoms with van der Waals surface area (Å²) in [5, 5.41) is 12.1. The number of para-hydroxylation sites is 1. The van der Waals surface area contributed by atoms with Gasteiger partial charge in [0.15, 0.2) is 5.75 Å². The van der Waals surface area contributed by atoms with Gasteiger partial charge in [0, 0.05) is 0 Å². The maximum Gasteiger partial charge on any atom is 0.266 e. The van der Waals surface area contributed by atoms with Gasteiger partial charge in [0.25, 0.3) is 5.91 Å². The second-order valence-electron chi connectivity index (χ2n) is 6.69. The Balaban J connectivity index is 1.78. The molecule has 3 rings (SSSR count). The summed E-state index contributed by atoms with van der Waals surface area (Å²) >= 11 is 9.79. The van der Waals surface area contributed by atoms with Crippen molar-refractivity contribution in [2.75, 3.05) is 5.32 Å². The van der Waals surface area contributed by atoms with E-state index in [1.54, 1.807) is 18.2 Å². The van der Waals surface area contributed by atoms with E-state index < -0.39 is 11.7 Å². The van der Waals surface area contributed by atoms with Crippen molar-refractivity contribution >= 4 is 45.2 Å². The average molecular weight is 500 g/mol. The number of aryl methyl sites for hydroxylation is 1. The molecule has 3 aromatic carbocycles. The predicted octanol–water partition coefficient (Wildman–Crippen LogP) is 6.67. The third kappa shape index (κ3) is 5.94. The summed E-state index contributed by atoms with van der Waals surface area (Å²) in [5.41, 5.74) is 2.47. The van der Waals surface area contributed by atoms with Gasteiger partial charge in [-0.2, -0.15) is 5.26 Å². The summed E-state index contributed by atoms with van der Waals surface area (Å²) in [5.74, 6) is -0.859. The first kappa shape index (κ1) is 22.5. The van der Waals surface area contributed by atoms with E-state index in [0.717, 1.165) is 11.1 Å². The van der Waals surface area contributed by atoms with Crippen molar-refractivity contribution < 1.29 is 13.9 Å². The second-order valence-corrected chi connectivity index (χ2v) is 7.95. The van der Waals surface area contributed by atoms with Crippen LogP contribution in [0.5, 0.6) is 5.75 Å². The fraction of sp³-hybridized carbons (Fsp3) is 0.0833. The van der Waals surface area contributed by atoms with Crippen LogP contribution < -0.4 is 10.1 Å². The monoisotopic (exact) mass is 498 g/mol. The Hall–Kier alpha value is -3.14. The van der Waals surface area contributed by atoms with E-state index in [1.807, 2.05) is 37.3 Å². The Morgan fingerprint density at radius 3 is 2.58 bits per heavy atom. The van der Waals surface area contributed by atoms with E-state index in [2.05, 4.69) is 21.2 Å². The maximum atomic E-state index is 13.8. The van der Waals surface area contributed by atoms with Crippen molar-refractivity contribution in [2.45, 2.75) is 13.5 Å². The highest BCUT2D eigenvalue weighted by Crippen LogP contribution is 2.35. The molecule has 156 valence electrons. The van der Waals surface area contributed by atoms with Crippen molar-refractivity contribution in [3.05, 3.63) is 98.2 Å². The largest absolute Gasteiger partial charge is 0.486 e. The van der Waals surface area contributed by atoms with Crippen LogP contribution in [-0.4, -0.2) is 5.91 Å². The van der Waals surface area contributed by atoms with Crippen molar-refractivity contribution in [3.63, 3.8) is 0 Å². The molecular weight excluding hydrogens is 483 g/mol. The molecule has 0 aliphatic carbocycles. The van der Waals surface area contributed by atoms with E-state index in [1.165, 1.54) is 24.3 Å². The molecule has 0 aromatic heterocycles. The number of hydrogen-bond acceptors (Lipinski definition) is 3. The molecule has 31 heavy (non-hydrogen) atoms. The quantitative estimate of drug-likeness (QED) is 0.304. The minimum absolute atomic E-state index is 0.00674. The zero-order chi connectivity index (χ0) is 22.4. The third-order valence-corrected chi connectivity index (χ3v) is 5.19. The van der Waals surface area contributed by atoms with Gasteiger partial charge in [0.05, 0.1) is 15.2 Å². The van der Waals surface area contributed by atoms with Crippen LogP contribution in [0.1, 0.15) is 16.7 Å². The lowest BCUT2D eigenvalue weighted by Crippen LogP contribution is -2.14. The molecule has 0 heterocycles. The van der Waals surface area contributed by atoms with Crippen molar-refractivity contribution in [1.82, 2.24) is 0 Å². The van der Waals surface area contributed by atoms with Gasteiger partial charge in [0.2, 0.25) is 0 Å². The zero-order valence-corrected chi connectivity index (χ0v) is 18.8. The number of hydrogen-bond donors (Lipinski definition) is 1. The van der Waals surface area contributed by atoms with Gasteiger partial charge in [-0.3, -0.25) is 4.79 Å². The van der Waals surface area contributed by atoms with Crippen LogP contribution in [0.25, 0.3) is 6.08 Å². The normalized spacial score (nSPS) is 11.0. The topological polar surface area (TPSA) is 62.1 Å². The first-order chi connectivity index (χ1) is 14.9. The minimum atomic E-state index is -0.723. The molecule has 0 spiro atoms. The standard InChI is InChI=1S/C24H17BrClFN2O2/c1-15-6-8-16(9-7-15)14-31-23-19(25)11-17(12-20(23)26)10-18(13-28)24(30)29-22-5-3-2-4-21(22)27/h2-12H,14H2,1H3,(H,29,30)/b18-10-. The highest BCUT2D eigenvalue weighted by Gasteiger charge is 2.14. The number of ether oxygens (including phenoxy) is 1. The Morgan fingerprint density at radius 1 is 1.23 bits per heavy atom. The molecule has 4 nitrogen and oxygen atoms in total. The number of carbonyl (C=O) groups is 1. The minimum Gasteiger partial charge on any atom is -0.486 e. The lowest BCUT2D eigenvalue weighted by molar-refractivity contribution is -0.112. The molecule has 0 atom stereocenters. The van der Waals surface area contributed by atoms with Crippen molar-refractivity contribution in [3.8, 4) is 11.8 Å². The van der Waals surface area contributed by atoms with Gasteiger partial charge in [-0.05, 0) is 64.3 Å². The Kier molecular flexibility index (Phi) is 7.45. The maximum absolute atomic E-state index is 13.8. The number of halogens is 3. The molecule has 0 saturated heterocycles. The number of nitriles is 1. The first-order valence-corrected chi connectivity index (χ1v) is 10.4. The van der Waals surface area contributed by atoms with Gasteiger partial charge in [-0.25, -0.2) is 4.39 Å². The summed E-state index contributed by atoms with van der Waals surface area (Å²) in [6.45, 7) is 2.35. The van der Waals surface area contributed by atoms with Gasteiger partial charge >= 0.3 is 0 Å². The summed E-state index contributed by atoms with van der Waals surface area (Å²) in [6.07, 6.45) is 1.37. The summed E-state index contributed by atoms with van der Waals surface area (Å²) in [4.78, 5) is 12.4. The number of amides is 1. The fourth-order valence-corrected chi connectivity index (χ4v) is 3.70. The molecule has 0 fully saturated rings. The molecule has 0 aliphatic rings. The molecule has 0 aliphatic heterocycles. The predicted molar refractivity (Wildman–Crippen MR) is 123 cm³/mol. The van der Waals surface area contributed by atoms with Crippen molar-refractivity contribution in [2.24, 2.45) is 0 Å². The van der Waals surface area contributed by atoms with E-state index >= 15 is 0 Å². The number of nitrogens with zero attached hydrogens (tertiary/aromatic N) is 1.